The predicted octanol–water partition coefficient (Wildman–Crippen LogP) is 5.26. The largest absolute Gasteiger partial charge is 0.493 e. The maximum absolute atomic E-state index is 12.8. The molecule has 0 aliphatic heterocycles. The van der Waals surface area contributed by atoms with Gasteiger partial charge < -0.3 is 29.4 Å². The van der Waals surface area contributed by atoms with Crippen molar-refractivity contribution in [2.45, 2.75) is 32.7 Å². The van der Waals surface area contributed by atoms with Crippen molar-refractivity contribution in [1.29, 1.82) is 0 Å². The number of rotatable bonds is 14. The summed E-state index contributed by atoms with van der Waals surface area (Å²) < 4.78 is 30.3. The minimum Gasteiger partial charge on any atom is -0.493 e. The first-order valence-electron chi connectivity index (χ1n) is 13.8. The van der Waals surface area contributed by atoms with Gasteiger partial charge in [0.1, 0.15) is 13.2 Å². The van der Waals surface area contributed by atoms with Crippen molar-refractivity contribution in [2.24, 2.45) is 0 Å². The summed E-state index contributed by atoms with van der Waals surface area (Å²) in [5.74, 6) is 1.81. The molecule has 0 atom stereocenters. The van der Waals surface area contributed by atoms with E-state index < -0.39 is 0 Å². The second-order valence-electron chi connectivity index (χ2n) is 9.14. The fraction of sp³-hybridized carbons (Fsp3) is 0.242. The number of benzene rings is 4. The van der Waals surface area contributed by atoms with E-state index in [2.05, 4.69) is 5.32 Å². The average Bonchev–Trinajstić information content (AvgIpc) is 3.01. The number of aliphatic hydroxyl groups excluding tert-OH is 1. The van der Waals surface area contributed by atoms with Gasteiger partial charge in [0.25, 0.3) is 0 Å². The normalized spacial score (nSPS) is 10.9. The van der Waals surface area contributed by atoms with Crippen molar-refractivity contribution < 1.29 is 30.2 Å². The van der Waals surface area contributed by atoms with E-state index in [-0.39, 0.29) is 26.0 Å². The quantitative estimate of drug-likeness (QED) is 0.226. The third-order valence-electron chi connectivity index (χ3n) is 6.41. The van der Waals surface area contributed by atoms with Crippen LogP contribution in [0.25, 0.3) is 0 Å². The second-order valence-corrected chi connectivity index (χ2v) is 9.14. The molecule has 0 saturated carbocycles. The van der Waals surface area contributed by atoms with Crippen molar-refractivity contribution in [3.63, 3.8) is 0 Å². The van der Waals surface area contributed by atoms with Crippen molar-refractivity contribution in [1.82, 2.24) is 5.32 Å². The molecule has 0 heterocycles. The standard InChI is InChI=1S/C33H35NO6/c1-37-31-19-24(13-15-29(31)39-22-25-9-5-3-6-10-25)17-18-34-32(36)20-27-14-16-30(33(38-2)28(27)21-35)40-23-26-11-7-4-8-12-26/h3-16,19,35H,17-18,20-23H2,1-2H3,(H,34,36)/i1D. The van der Waals surface area contributed by atoms with E-state index >= 15 is 0 Å². The zero-order valence-electron chi connectivity index (χ0n) is 23.6. The number of methoxy groups -OCH3 is 2. The van der Waals surface area contributed by atoms with Crippen LogP contribution in [0.1, 0.15) is 29.2 Å². The number of aliphatic hydroxyl groups is 1. The predicted molar refractivity (Wildman–Crippen MR) is 154 cm³/mol. The van der Waals surface area contributed by atoms with Gasteiger partial charge in [-0.15, -0.1) is 0 Å². The smallest absolute Gasteiger partial charge is 0.224 e. The van der Waals surface area contributed by atoms with Crippen LogP contribution < -0.4 is 24.3 Å². The molecule has 0 bridgehead atoms. The van der Waals surface area contributed by atoms with E-state index in [1.54, 1.807) is 12.1 Å². The molecule has 208 valence electrons. The van der Waals surface area contributed by atoms with E-state index in [4.69, 9.17) is 20.3 Å². The molecule has 4 aromatic rings. The molecule has 0 aromatic heterocycles. The van der Waals surface area contributed by atoms with Crippen molar-refractivity contribution in [3.8, 4) is 23.0 Å². The van der Waals surface area contributed by atoms with Crippen molar-refractivity contribution in [2.75, 3.05) is 20.7 Å². The van der Waals surface area contributed by atoms with Crippen LogP contribution in [0.2, 0.25) is 0 Å². The maximum atomic E-state index is 12.8. The van der Waals surface area contributed by atoms with Gasteiger partial charge in [0.2, 0.25) is 5.91 Å². The molecule has 4 aromatic carbocycles. The molecule has 0 spiro atoms. The number of carbonyl (C=O) groups excluding carboxylic acids is 1. The Morgan fingerprint density at radius 2 is 1.45 bits per heavy atom. The van der Waals surface area contributed by atoms with Gasteiger partial charge in [0.05, 0.1) is 28.6 Å². The summed E-state index contributed by atoms with van der Waals surface area (Å²) in [6.07, 6.45) is 0.659. The van der Waals surface area contributed by atoms with Crippen molar-refractivity contribution in [3.05, 3.63) is 119 Å². The van der Waals surface area contributed by atoms with Crippen LogP contribution in [-0.4, -0.2) is 31.8 Å². The highest BCUT2D eigenvalue weighted by Gasteiger charge is 2.17. The Morgan fingerprint density at radius 1 is 0.800 bits per heavy atom. The Kier molecular flexibility index (Phi) is 9.89. The fourth-order valence-corrected chi connectivity index (χ4v) is 4.32. The topological polar surface area (TPSA) is 86.3 Å². The molecule has 40 heavy (non-hydrogen) atoms. The SMILES string of the molecule is [2H]COc1cc(CCNC(=O)Cc2ccc(OCc3ccccc3)c(OC)c2CO)ccc1OCc1ccccc1. The first kappa shape index (κ1) is 27.1. The summed E-state index contributed by atoms with van der Waals surface area (Å²) in [4.78, 5) is 12.8. The van der Waals surface area contributed by atoms with Gasteiger partial charge in [0.15, 0.2) is 23.0 Å². The molecule has 7 nitrogen and oxygen atoms in total. The number of ether oxygens (including phenoxy) is 4. The summed E-state index contributed by atoms with van der Waals surface area (Å²) in [6.45, 7) is 0.876. The minimum absolute atomic E-state index is 0.0880. The van der Waals surface area contributed by atoms with Crippen LogP contribution in [0, 0.1) is 0 Å². The lowest BCUT2D eigenvalue weighted by molar-refractivity contribution is -0.120. The molecule has 1 amide bonds. The summed E-state index contributed by atoms with van der Waals surface area (Å²) in [7, 11) is 1.29. The first-order chi connectivity index (χ1) is 20.1. The number of amides is 1. The van der Waals surface area contributed by atoms with Gasteiger partial charge in [-0.2, -0.15) is 0 Å². The highest BCUT2D eigenvalue weighted by Crippen LogP contribution is 2.35. The summed E-state index contributed by atoms with van der Waals surface area (Å²) in [6, 6.07) is 28.7. The summed E-state index contributed by atoms with van der Waals surface area (Å²) >= 11 is 0. The van der Waals surface area contributed by atoms with Gasteiger partial charge >= 0.3 is 0 Å². The van der Waals surface area contributed by atoms with Gasteiger partial charge in [0, 0.05) is 12.1 Å². The van der Waals surface area contributed by atoms with E-state index in [1.807, 2.05) is 78.9 Å². The number of carbonyl (C=O) groups is 1. The van der Waals surface area contributed by atoms with E-state index in [0.29, 0.717) is 60.3 Å². The van der Waals surface area contributed by atoms with Crippen LogP contribution in [0.4, 0.5) is 0 Å². The Labute approximate surface area is 236 Å². The minimum atomic E-state index is -0.286. The highest BCUT2D eigenvalue weighted by molar-refractivity contribution is 5.79. The molecule has 2 N–H and O–H groups in total. The van der Waals surface area contributed by atoms with Gasteiger partial charge in [-0.3, -0.25) is 4.79 Å². The average molecular weight is 543 g/mol. The Balaban J connectivity index is 1.33. The van der Waals surface area contributed by atoms with E-state index in [9.17, 15) is 9.90 Å². The molecule has 0 fully saturated rings. The molecule has 0 unspecified atom stereocenters. The fourth-order valence-electron chi connectivity index (χ4n) is 4.32. The lowest BCUT2D eigenvalue weighted by atomic mass is 10.0. The van der Waals surface area contributed by atoms with Crippen molar-refractivity contribution >= 4 is 5.91 Å². The van der Waals surface area contributed by atoms with Gasteiger partial charge in [-0.25, -0.2) is 0 Å². The Bertz CT molecular complexity index is 1400. The lowest BCUT2D eigenvalue weighted by Gasteiger charge is -2.17. The van der Waals surface area contributed by atoms with Gasteiger partial charge in [-0.1, -0.05) is 72.8 Å². The molecule has 0 aliphatic carbocycles. The Hall–Kier alpha value is -4.49. The molecule has 4 rings (SSSR count). The van der Waals surface area contributed by atoms with Crippen LogP contribution in [-0.2, 0) is 37.5 Å². The Morgan fingerprint density at radius 3 is 2.08 bits per heavy atom. The second kappa shape index (κ2) is 14.6. The molecule has 0 radical (unpaired) electrons. The van der Waals surface area contributed by atoms with Gasteiger partial charge in [-0.05, 0) is 46.9 Å². The highest BCUT2D eigenvalue weighted by atomic mass is 16.5. The molecular formula is C33H35NO6. The number of hydrogen-bond donors (Lipinski definition) is 2. The zero-order chi connectivity index (χ0) is 28.9. The van der Waals surface area contributed by atoms with E-state index in [0.717, 1.165) is 16.7 Å². The molecule has 0 aliphatic rings. The van der Waals surface area contributed by atoms with Crippen LogP contribution >= 0.6 is 0 Å². The third-order valence-corrected chi connectivity index (χ3v) is 6.41. The molecule has 0 saturated heterocycles. The van der Waals surface area contributed by atoms with Crippen LogP contribution in [0.3, 0.4) is 0 Å². The summed E-state index contributed by atoms with van der Waals surface area (Å²) in [5.41, 5.74) is 4.18. The maximum Gasteiger partial charge on any atom is 0.224 e. The number of hydrogen-bond acceptors (Lipinski definition) is 6. The molecule has 7 heteroatoms. The van der Waals surface area contributed by atoms with E-state index in [1.165, 1.54) is 7.11 Å². The monoisotopic (exact) mass is 542 g/mol. The van der Waals surface area contributed by atoms with Crippen LogP contribution in [0.15, 0.2) is 91.0 Å². The zero-order valence-corrected chi connectivity index (χ0v) is 22.6. The first-order valence-corrected chi connectivity index (χ1v) is 13.1. The lowest BCUT2D eigenvalue weighted by Crippen LogP contribution is -2.27. The summed E-state index contributed by atoms with van der Waals surface area (Å²) in [5, 5.41) is 13.0. The van der Waals surface area contributed by atoms with Crippen LogP contribution in [0.5, 0.6) is 23.0 Å². The number of nitrogens with one attached hydrogen (secondary N) is 1. The molecular weight excluding hydrogens is 506 g/mol. The third kappa shape index (κ3) is 7.77.